The molecule has 0 fully saturated rings. The third kappa shape index (κ3) is 5.98. The highest BCUT2D eigenvalue weighted by atomic mass is 15.2. The van der Waals surface area contributed by atoms with Gasteiger partial charge in [0.1, 0.15) is 0 Å². The molecule has 0 aliphatic rings. The molecule has 12 aromatic rings. The highest BCUT2D eigenvalue weighted by molar-refractivity contribution is 6.23. The van der Waals surface area contributed by atoms with Gasteiger partial charge in [0.2, 0.25) is 5.95 Å². The predicted octanol–water partition coefficient (Wildman–Crippen LogP) is 14.4. The van der Waals surface area contributed by atoms with Crippen LogP contribution in [0, 0.1) is 0 Å². The van der Waals surface area contributed by atoms with E-state index < -0.39 is 0 Å². The van der Waals surface area contributed by atoms with Crippen LogP contribution in [0.15, 0.2) is 224 Å². The molecule has 0 aliphatic heterocycles. The number of aromatic nitrogens is 5. The van der Waals surface area contributed by atoms with E-state index in [4.69, 9.17) is 15.0 Å². The molecule has 0 bridgehead atoms. The summed E-state index contributed by atoms with van der Waals surface area (Å²) in [4.78, 5) is 15.8. The lowest BCUT2D eigenvalue weighted by Gasteiger charge is -2.14. The van der Waals surface area contributed by atoms with Crippen molar-refractivity contribution in [1.82, 2.24) is 24.1 Å². The molecule has 9 aromatic carbocycles. The first-order valence-corrected chi connectivity index (χ1v) is 20.9. The summed E-state index contributed by atoms with van der Waals surface area (Å²) in [6, 6.07) is 79.2. The topological polar surface area (TPSA) is 48.5 Å². The maximum absolute atomic E-state index is 5.37. The molecule has 0 spiro atoms. The van der Waals surface area contributed by atoms with Gasteiger partial charge >= 0.3 is 0 Å². The molecule has 290 valence electrons. The highest BCUT2D eigenvalue weighted by Gasteiger charge is 2.23. The molecular formula is C57H37N5. The van der Waals surface area contributed by atoms with Crippen LogP contribution in [0.1, 0.15) is 0 Å². The predicted molar refractivity (Wildman–Crippen MR) is 256 cm³/mol. The number of hydrogen-bond acceptors (Lipinski definition) is 3. The Labute approximate surface area is 358 Å². The van der Waals surface area contributed by atoms with E-state index in [1.807, 2.05) is 24.3 Å². The van der Waals surface area contributed by atoms with Gasteiger partial charge in [0.15, 0.2) is 11.6 Å². The maximum Gasteiger partial charge on any atom is 0.238 e. The highest BCUT2D eigenvalue weighted by Crippen LogP contribution is 2.42. The quantitative estimate of drug-likeness (QED) is 0.162. The molecule has 3 aromatic heterocycles. The van der Waals surface area contributed by atoms with Gasteiger partial charge in [-0.3, -0.25) is 4.57 Å². The average molecular weight is 792 g/mol. The van der Waals surface area contributed by atoms with Crippen molar-refractivity contribution in [3.63, 3.8) is 0 Å². The molecule has 0 aliphatic carbocycles. The Morgan fingerprint density at radius 1 is 0.258 bits per heavy atom. The van der Waals surface area contributed by atoms with Gasteiger partial charge in [-0.05, 0) is 57.6 Å². The Balaban J connectivity index is 1.08. The van der Waals surface area contributed by atoms with Crippen molar-refractivity contribution < 1.29 is 0 Å². The Morgan fingerprint density at radius 2 is 0.645 bits per heavy atom. The molecular weight excluding hydrogens is 755 g/mol. The maximum atomic E-state index is 5.37. The standard InChI is InChI=1S/C57H37N5/c1-4-15-38(16-5-1)40-27-29-41(30-28-40)42-31-33-44(34-32-42)56-58-55(43-19-8-3-9-20-43)59-57(60-56)62-52-26-13-11-24-48(52)50-36-35-49-47-23-10-12-25-51(47)61(53(49)54(50)62)46-22-14-21-45(37-46)39-17-6-2-7-18-39/h1-37H. The van der Waals surface area contributed by atoms with Crippen LogP contribution in [0.4, 0.5) is 0 Å². The average Bonchev–Trinajstić information content (AvgIpc) is 3.88. The minimum atomic E-state index is 0.558. The Morgan fingerprint density at radius 3 is 1.19 bits per heavy atom. The molecule has 0 saturated carbocycles. The Bertz CT molecular complexity index is 3590. The second-order valence-corrected chi connectivity index (χ2v) is 15.6. The van der Waals surface area contributed by atoms with Gasteiger partial charge in [0.05, 0.1) is 22.1 Å². The minimum absolute atomic E-state index is 0.558. The second kappa shape index (κ2) is 14.7. The normalized spacial score (nSPS) is 11.5. The summed E-state index contributed by atoms with van der Waals surface area (Å²) in [7, 11) is 0. The summed E-state index contributed by atoms with van der Waals surface area (Å²) in [5, 5.41) is 4.60. The first-order valence-electron chi connectivity index (χ1n) is 20.9. The number of nitrogens with zero attached hydrogens (tertiary/aromatic N) is 5. The summed E-state index contributed by atoms with van der Waals surface area (Å²) in [5.41, 5.74) is 14.2. The first kappa shape index (κ1) is 35.5. The lowest BCUT2D eigenvalue weighted by Crippen LogP contribution is -2.07. The van der Waals surface area contributed by atoms with E-state index in [9.17, 15) is 0 Å². The second-order valence-electron chi connectivity index (χ2n) is 15.6. The van der Waals surface area contributed by atoms with Crippen molar-refractivity contribution in [3.8, 4) is 67.8 Å². The minimum Gasteiger partial charge on any atom is -0.307 e. The van der Waals surface area contributed by atoms with E-state index >= 15 is 0 Å². The third-order valence-corrected chi connectivity index (χ3v) is 12.0. The van der Waals surface area contributed by atoms with Crippen LogP contribution < -0.4 is 0 Å². The fraction of sp³-hybridized carbons (Fsp3) is 0. The monoisotopic (exact) mass is 791 g/mol. The fourth-order valence-electron chi connectivity index (χ4n) is 9.04. The molecule has 5 nitrogen and oxygen atoms in total. The van der Waals surface area contributed by atoms with E-state index in [0.29, 0.717) is 17.6 Å². The van der Waals surface area contributed by atoms with Crippen LogP contribution in [0.5, 0.6) is 0 Å². The number of fused-ring (bicyclic) bond motifs is 7. The number of hydrogen-bond donors (Lipinski definition) is 0. The van der Waals surface area contributed by atoms with E-state index in [-0.39, 0.29) is 0 Å². The van der Waals surface area contributed by atoms with Gasteiger partial charge in [0, 0.05) is 38.4 Å². The van der Waals surface area contributed by atoms with Gasteiger partial charge in [-0.25, -0.2) is 4.98 Å². The van der Waals surface area contributed by atoms with Crippen molar-refractivity contribution >= 4 is 43.6 Å². The number of benzene rings is 9. The third-order valence-electron chi connectivity index (χ3n) is 12.0. The molecule has 0 saturated heterocycles. The molecule has 12 rings (SSSR count). The summed E-state index contributed by atoms with van der Waals surface area (Å²) in [6.07, 6.45) is 0. The number of rotatable bonds is 7. The molecule has 3 heterocycles. The summed E-state index contributed by atoms with van der Waals surface area (Å²) in [6.45, 7) is 0. The zero-order valence-corrected chi connectivity index (χ0v) is 33.6. The SMILES string of the molecule is c1ccc(-c2ccc(-c3ccc(-c4nc(-c5ccccc5)nc(-n5c6ccccc6c6ccc7c8ccccc8n(-c8cccc(-c9ccccc9)c8)c7c65)n4)cc3)cc2)cc1. The van der Waals surface area contributed by atoms with Crippen molar-refractivity contribution in [3.05, 3.63) is 224 Å². The molecule has 0 amide bonds. The first-order chi connectivity index (χ1) is 30.7. The van der Waals surface area contributed by atoms with Crippen LogP contribution in [0.25, 0.3) is 111 Å². The molecule has 0 N–H and O–H groups in total. The Hall–Kier alpha value is -8.41. The van der Waals surface area contributed by atoms with E-state index in [2.05, 4.69) is 209 Å². The summed E-state index contributed by atoms with van der Waals surface area (Å²) >= 11 is 0. The van der Waals surface area contributed by atoms with Crippen molar-refractivity contribution in [2.75, 3.05) is 0 Å². The van der Waals surface area contributed by atoms with Gasteiger partial charge in [0.25, 0.3) is 0 Å². The lowest BCUT2D eigenvalue weighted by molar-refractivity contribution is 0.953. The molecule has 62 heavy (non-hydrogen) atoms. The molecule has 0 radical (unpaired) electrons. The molecule has 0 atom stereocenters. The molecule has 0 unspecified atom stereocenters. The van der Waals surface area contributed by atoms with Crippen LogP contribution in [0.3, 0.4) is 0 Å². The van der Waals surface area contributed by atoms with Gasteiger partial charge in [-0.1, -0.05) is 200 Å². The smallest absolute Gasteiger partial charge is 0.238 e. The van der Waals surface area contributed by atoms with Crippen LogP contribution in [0.2, 0.25) is 0 Å². The van der Waals surface area contributed by atoms with Crippen molar-refractivity contribution in [2.24, 2.45) is 0 Å². The lowest BCUT2D eigenvalue weighted by atomic mass is 9.99. The van der Waals surface area contributed by atoms with Crippen LogP contribution in [-0.4, -0.2) is 24.1 Å². The van der Waals surface area contributed by atoms with Crippen LogP contribution in [-0.2, 0) is 0 Å². The van der Waals surface area contributed by atoms with E-state index in [1.165, 1.54) is 22.1 Å². The van der Waals surface area contributed by atoms with E-state index in [0.717, 1.165) is 71.7 Å². The molecule has 5 heteroatoms. The zero-order chi connectivity index (χ0) is 41.0. The largest absolute Gasteiger partial charge is 0.307 e. The van der Waals surface area contributed by atoms with Crippen molar-refractivity contribution in [2.45, 2.75) is 0 Å². The Kier molecular flexibility index (Phi) is 8.42. The fourth-order valence-corrected chi connectivity index (χ4v) is 9.04. The van der Waals surface area contributed by atoms with Gasteiger partial charge in [-0.15, -0.1) is 0 Å². The summed E-state index contributed by atoms with van der Waals surface area (Å²) in [5.74, 6) is 1.78. The van der Waals surface area contributed by atoms with Crippen molar-refractivity contribution in [1.29, 1.82) is 0 Å². The summed E-state index contributed by atoms with van der Waals surface area (Å²) < 4.78 is 4.67. The van der Waals surface area contributed by atoms with E-state index in [1.54, 1.807) is 0 Å². The van der Waals surface area contributed by atoms with Gasteiger partial charge < -0.3 is 4.57 Å². The number of para-hydroxylation sites is 2. The zero-order valence-electron chi connectivity index (χ0n) is 33.6. The van der Waals surface area contributed by atoms with Crippen LogP contribution >= 0.6 is 0 Å². The van der Waals surface area contributed by atoms with Gasteiger partial charge in [-0.2, -0.15) is 9.97 Å².